The molecular weight excluding hydrogens is 373 g/mol. The molecule has 0 aliphatic heterocycles. The van der Waals surface area contributed by atoms with Crippen molar-refractivity contribution in [2.75, 3.05) is 20.1 Å². The van der Waals surface area contributed by atoms with Crippen molar-refractivity contribution in [1.29, 1.82) is 0 Å². The number of rotatable bonds is 5. The maximum atomic E-state index is 8.49. The number of fused-ring (bicyclic) bond motifs is 1. The van der Waals surface area contributed by atoms with Crippen molar-refractivity contribution >= 4 is 22.4 Å². The Bertz CT molecular complexity index is 712. The van der Waals surface area contributed by atoms with Crippen molar-refractivity contribution in [3.05, 3.63) is 29.6 Å². The summed E-state index contributed by atoms with van der Waals surface area (Å²) in [6.07, 6.45) is 1.91. The van der Waals surface area contributed by atoms with Crippen LogP contribution in [-0.4, -0.2) is 20.1 Å². The fourth-order valence-electron chi connectivity index (χ4n) is 2.52. The van der Waals surface area contributed by atoms with Crippen LogP contribution in [0.2, 0.25) is 0 Å². The average Bonchev–Trinajstić information content (AvgIpc) is 2.52. The molecule has 0 saturated carbocycles. The number of aryl methyl sites for hydroxylation is 2. The third-order valence-corrected chi connectivity index (χ3v) is 3.98. The number of aromatic nitrogens is 1. The van der Waals surface area contributed by atoms with Gasteiger partial charge in [-0.05, 0) is 23.9 Å². The molecule has 1 aromatic heterocycles. The van der Waals surface area contributed by atoms with Gasteiger partial charge in [-0.1, -0.05) is 0 Å². The van der Waals surface area contributed by atoms with Gasteiger partial charge in [0.2, 0.25) is 0 Å². The van der Waals surface area contributed by atoms with Gasteiger partial charge < -0.3 is 9.47 Å². The van der Waals surface area contributed by atoms with Crippen LogP contribution in [0, 0.1) is 17.2 Å². The largest absolute Gasteiger partial charge is 0.493 e. The zero-order valence-electron chi connectivity index (χ0n) is 14.5. The summed E-state index contributed by atoms with van der Waals surface area (Å²) in [6, 6.07) is 6.25. The van der Waals surface area contributed by atoms with Crippen LogP contribution < -0.4 is 32.7 Å². The zero-order chi connectivity index (χ0) is 19.2. The summed E-state index contributed by atoms with van der Waals surface area (Å²) < 4.78 is 47.0. The van der Waals surface area contributed by atoms with Gasteiger partial charge in [-0.15, -0.1) is 21.8 Å². The average molecular weight is 394 g/mol. The summed E-state index contributed by atoms with van der Waals surface area (Å²) in [5, 5.41) is 2.36. The molecule has 0 bridgehead atoms. The normalized spacial score (nSPS) is 11.1. The van der Waals surface area contributed by atoms with Crippen LogP contribution in [0.4, 0.5) is 0 Å². The van der Waals surface area contributed by atoms with E-state index < -0.39 is 10.2 Å². The van der Waals surface area contributed by atoms with E-state index in [2.05, 4.69) is 30.7 Å². The maximum absolute atomic E-state index is 8.49. The number of halogens is 2. The molecule has 0 unspecified atom stereocenters. The smallest absolute Gasteiger partial charge is 0.189 e. The SMILES string of the molecule is COc1cc2cc(C)[n+](C)c(CCCCl)c2cc1OC.[O-][Cl+3]([O-])([O-])[O-]. The molecule has 0 atom stereocenters. The van der Waals surface area contributed by atoms with E-state index >= 15 is 0 Å². The van der Waals surface area contributed by atoms with Gasteiger partial charge in [0.15, 0.2) is 22.9 Å². The monoisotopic (exact) mass is 393 g/mol. The van der Waals surface area contributed by atoms with Gasteiger partial charge in [-0.2, -0.15) is 0 Å². The first kappa shape index (κ1) is 21.7. The summed E-state index contributed by atoms with van der Waals surface area (Å²) >= 11 is 5.85. The Morgan fingerprint density at radius 2 is 1.56 bits per heavy atom. The lowest BCUT2D eigenvalue weighted by Gasteiger charge is -2.17. The minimum atomic E-state index is -4.94. The molecule has 0 amide bonds. The third-order valence-electron chi connectivity index (χ3n) is 3.71. The van der Waals surface area contributed by atoms with Gasteiger partial charge >= 0.3 is 0 Å². The molecule has 1 heterocycles. The Morgan fingerprint density at radius 1 is 1.04 bits per heavy atom. The number of nitrogens with zero attached hydrogens (tertiary/aromatic N) is 1. The first-order chi connectivity index (χ1) is 11.6. The highest BCUT2D eigenvalue weighted by molar-refractivity contribution is 6.17. The van der Waals surface area contributed by atoms with Crippen molar-refractivity contribution in [2.24, 2.45) is 7.05 Å². The number of ether oxygens (including phenoxy) is 2. The van der Waals surface area contributed by atoms with Crippen LogP contribution in [0.15, 0.2) is 18.2 Å². The molecule has 7 nitrogen and oxygen atoms in total. The first-order valence-corrected chi connectivity index (χ1v) is 9.11. The number of hydrogen-bond donors (Lipinski definition) is 0. The topological polar surface area (TPSA) is 115 Å². The molecule has 0 radical (unpaired) electrons. The fourth-order valence-corrected chi connectivity index (χ4v) is 2.65. The van der Waals surface area contributed by atoms with E-state index in [1.807, 2.05) is 6.07 Å². The summed E-state index contributed by atoms with van der Waals surface area (Å²) in [4.78, 5) is 0. The minimum Gasteiger partial charge on any atom is -0.493 e. The summed E-state index contributed by atoms with van der Waals surface area (Å²) in [6.45, 7) is 2.11. The van der Waals surface area contributed by atoms with Crippen LogP contribution in [-0.2, 0) is 13.5 Å². The van der Waals surface area contributed by atoms with Gasteiger partial charge in [0.1, 0.15) is 7.05 Å². The molecule has 2 rings (SSSR count). The van der Waals surface area contributed by atoms with Crippen LogP contribution in [0.5, 0.6) is 11.5 Å². The number of benzene rings is 1. The van der Waals surface area contributed by atoms with Crippen molar-refractivity contribution < 1.29 is 42.9 Å². The standard InChI is InChI=1S/C16H21ClNO2.ClHO4/c1-11-8-12-9-15(19-3)16(20-4)10-13(12)14(18(11)2)6-5-7-17;2-1(3,4)5/h8-10H,5-7H2,1-4H3;(H,2,3,4,5)/q+1;/p-1. The minimum absolute atomic E-state index is 0.669. The molecule has 140 valence electrons. The molecule has 25 heavy (non-hydrogen) atoms. The summed E-state index contributed by atoms with van der Waals surface area (Å²) in [5.41, 5.74) is 2.50. The van der Waals surface area contributed by atoms with Crippen LogP contribution in [0.1, 0.15) is 17.8 Å². The second kappa shape index (κ2) is 9.38. The fraction of sp³-hybridized carbons (Fsp3) is 0.438. The van der Waals surface area contributed by atoms with E-state index in [1.165, 1.54) is 22.2 Å². The van der Waals surface area contributed by atoms with Crippen LogP contribution in [0.3, 0.4) is 0 Å². The van der Waals surface area contributed by atoms with E-state index in [4.69, 9.17) is 39.7 Å². The number of alkyl halides is 1. The van der Waals surface area contributed by atoms with Crippen LogP contribution >= 0.6 is 11.6 Å². The highest BCUT2D eigenvalue weighted by Crippen LogP contribution is 2.33. The van der Waals surface area contributed by atoms with Crippen molar-refractivity contribution in [1.82, 2.24) is 0 Å². The van der Waals surface area contributed by atoms with Crippen LogP contribution in [0.25, 0.3) is 10.8 Å². The van der Waals surface area contributed by atoms with Gasteiger partial charge in [0.05, 0.1) is 19.6 Å². The van der Waals surface area contributed by atoms with E-state index in [0.717, 1.165) is 24.3 Å². The molecule has 2 aromatic rings. The van der Waals surface area contributed by atoms with E-state index in [1.54, 1.807) is 14.2 Å². The van der Waals surface area contributed by atoms with Crippen molar-refractivity contribution in [3.8, 4) is 11.5 Å². The summed E-state index contributed by atoms with van der Waals surface area (Å²) in [5.74, 6) is 2.19. The molecule has 0 aliphatic carbocycles. The van der Waals surface area contributed by atoms with Gasteiger partial charge in [0, 0.05) is 25.3 Å². The maximum Gasteiger partial charge on any atom is 0.189 e. The number of methoxy groups -OCH3 is 2. The predicted molar refractivity (Wildman–Crippen MR) is 82.0 cm³/mol. The molecule has 0 fully saturated rings. The Labute approximate surface area is 153 Å². The molecular formula is C16H21Cl2NO6. The van der Waals surface area contributed by atoms with E-state index in [9.17, 15) is 0 Å². The second-order valence-electron chi connectivity index (χ2n) is 5.26. The highest BCUT2D eigenvalue weighted by Gasteiger charge is 2.18. The molecule has 0 spiro atoms. The number of pyridine rings is 1. The third kappa shape index (κ3) is 6.47. The van der Waals surface area contributed by atoms with E-state index in [-0.39, 0.29) is 0 Å². The lowest BCUT2D eigenvalue weighted by Crippen LogP contribution is -2.68. The van der Waals surface area contributed by atoms with Crippen molar-refractivity contribution in [3.63, 3.8) is 0 Å². The highest BCUT2D eigenvalue weighted by atomic mass is 35.7. The molecule has 1 aromatic carbocycles. The van der Waals surface area contributed by atoms with Gasteiger partial charge in [-0.25, -0.2) is 23.2 Å². The molecule has 0 N–H and O–H groups in total. The second-order valence-corrected chi connectivity index (χ2v) is 6.39. The quantitative estimate of drug-likeness (QED) is 0.446. The molecule has 9 heteroatoms. The Morgan fingerprint density at radius 3 is 2.04 bits per heavy atom. The first-order valence-electron chi connectivity index (χ1n) is 7.34. The van der Waals surface area contributed by atoms with Gasteiger partial charge in [0.25, 0.3) is 0 Å². The lowest BCUT2D eigenvalue weighted by atomic mass is 10.0. The summed E-state index contributed by atoms with van der Waals surface area (Å²) in [7, 11) is 0.471. The molecule has 0 saturated heterocycles. The Balaban J connectivity index is 0.000000550. The Kier molecular flexibility index (Phi) is 8.14. The van der Waals surface area contributed by atoms with Crippen molar-refractivity contribution in [2.45, 2.75) is 19.8 Å². The van der Waals surface area contributed by atoms with E-state index in [0.29, 0.717) is 5.88 Å². The predicted octanol–water partition coefficient (Wildman–Crippen LogP) is -1.59. The lowest BCUT2D eigenvalue weighted by molar-refractivity contribution is -2.00. The Hall–Kier alpha value is -1.35. The molecule has 0 aliphatic rings. The zero-order valence-corrected chi connectivity index (χ0v) is 16.0. The number of hydrogen-bond acceptors (Lipinski definition) is 6. The van der Waals surface area contributed by atoms with Gasteiger partial charge in [-0.3, -0.25) is 0 Å².